The van der Waals surface area contributed by atoms with Gasteiger partial charge in [-0.15, -0.1) is 0 Å². The molecule has 5 rings (SSSR count). The zero-order valence-electron chi connectivity index (χ0n) is 17.5. The predicted octanol–water partition coefficient (Wildman–Crippen LogP) is 7.29. The molecule has 1 aromatic heterocycles. The third-order valence-corrected chi connectivity index (χ3v) is 8.64. The van der Waals surface area contributed by atoms with E-state index in [1.165, 1.54) is 38.8 Å². The van der Waals surface area contributed by atoms with Gasteiger partial charge in [0.15, 0.2) is 0 Å². The van der Waals surface area contributed by atoms with Crippen LogP contribution in [0.15, 0.2) is 88.6 Å². The summed E-state index contributed by atoms with van der Waals surface area (Å²) in [7, 11) is -1.27. The molecule has 0 radical (unpaired) electrons. The first-order valence-corrected chi connectivity index (χ1v) is 14.7. The highest BCUT2D eigenvalue weighted by atomic mass is 79.9. The normalized spacial score (nSPS) is 14.5. The Morgan fingerprint density at radius 2 is 1.47 bits per heavy atom. The molecule has 0 fully saturated rings. The fourth-order valence-electron chi connectivity index (χ4n) is 4.27. The van der Waals surface area contributed by atoms with Crippen molar-refractivity contribution in [3.8, 4) is 5.69 Å². The third kappa shape index (κ3) is 3.34. The summed E-state index contributed by atoms with van der Waals surface area (Å²) in [5, 5.41) is 7.79. The first kappa shape index (κ1) is 19.4. The maximum atomic E-state index is 3.76. The average Bonchev–Trinajstić information content (AvgIpc) is 3.07. The van der Waals surface area contributed by atoms with Crippen molar-refractivity contribution in [2.24, 2.45) is 0 Å². The van der Waals surface area contributed by atoms with Gasteiger partial charge in [-0.25, -0.2) is 0 Å². The summed E-state index contributed by atoms with van der Waals surface area (Å²) in [5.41, 5.74) is 6.01. The Morgan fingerprint density at radius 1 is 0.833 bits per heavy atom. The van der Waals surface area contributed by atoms with Crippen molar-refractivity contribution >= 4 is 51.5 Å². The minimum atomic E-state index is -1.27. The number of nitrogens with zero attached hydrogens (tertiary/aromatic N) is 1. The number of allylic oxidation sites excluding steroid dienone is 2. The summed E-state index contributed by atoms with van der Waals surface area (Å²) in [6, 6.07) is 24.0. The second-order valence-electron chi connectivity index (χ2n) is 8.94. The summed E-state index contributed by atoms with van der Waals surface area (Å²) in [4.78, 5) is 0. The highest BCUT2D eigenvalue weighted by molar-refractivity contribution is 9.10. The molecule has 2 heterocycles. The van der Waals surface area contributed by atoms with E-state index in [2.05, 4.69) is 124 Å². The average molecular weight is 473 g/mol. The number of hydrogen-bond acceptors (Lipinski definition) is 1. The molecule has 0 spiro atoms. The molecule has 4 aromatic rings. The van der Waals surface area contributed by atoms with Gasteiger partial charge in [-0.1, -0.05) is 83.2 Å². The molecule has 3 aromatic carbocycles. The van der Waals surface area contributed by atoms with E-state index < -0.39 is 8.07 Å². The lowest BCUT2D eigenvalue weighted by atomic mass is 10.1. The zero-order valence-corrected chi connectivity index (χ0v) is 20.1. The Hall–Kier alpha value is -2.56. The highest BCUT2D eigenvalue weighted by Crippen LogP contribution is 2.34. The van der Waals surface area contributed by atoms with Crippen molar-refractivity contribution in [3.05, 3.63) is 94.1 Å². The third-order valence-electron chi connectivity index (χ3n) is 5.92. The molecule has 0 bridgehead atoms. The number of rotatable bonds is 3. The van der Waals surface area contributed by atoms with E-state index in [-0.39, 0.29) is 0 Å². The van der Waals surface area contributed by atoms with E-state index in [0.717, 1.165) is 11.0 Å². The summed E-state index contributed by atoms with van der Waals surface area (Å²) in [6.45, 7) is 8.15. The fourth-order valence-corrected chi connectivity index (χ4v) is 5.95. The minimum Gasteiger partial charge on any atom is -0.381 e. The summed E-state index contributed by atoms with van der Waals surface area (Å²) >= 11 is 3.76. The summed E-state index contributed by atoms with van der Waals surface area (Å²) < 4.78 is 3.45. The molecule has 30 heavy (non-hydrogen) atoms. The maximum Gasteiger partial charge on any atom is 0.0747 e. The van der Waals surface area contributed by atoms with Gasteiger partial charge in [-0.05, 0) is 36.4 Å². The number of aromatic nitrogens is 1. The van der Waals surface area contributed by atoms with Gasteiger partial charge in [0, 0.05) is 38.7 Å². The lowest BCUT2D eigenvalue weighted by molar-refractivity contribution is 0.971. The van der Waals surface area contributed by atoms with Crippen LogP contribution in [-0.4, -0.2) is 19.2 Å². The van der Waals surface area contributed by atoms with E-state index in [4.69, 9.17) is 0 Å². The van der Waals surface area contributed by atoms with Gasteiger partial charge >= 0.3 is 0 Å². The van der Waals surface area contributed by atoms with Crippen LogP contribution in [0.25, 0.3) is 33.2 Å². The lowest BCUT2D eigenvalue weighted by Crippen LogP contribution is -2.33. The fraction of sp³-hybridized carbons (Fsp3) is 0.154. The molecule has 1 aliphatic rings. The van der Waals surface area contributed by atoms with E-state index in [0.29, 0.717) is 0 Å². The van der Waals surface area contributed by atoms with Gasteiger partial charge in [0.1, 0.15) is 0 Å². The minimum absolute atomic E-state index is 0.943. The molecule has 150 valence electrons. The number of dihydropyridines is 1. The number of fused-ring (bicyclic) bond motifs is 3. The van der Waals surface area contributed by atoms with Crippen LogP contribution in [-0.2, 0) is 0 Å². The topological polar surface area (TPSA) is 17.0 Å². The van der Waals surface area contributed by atoms with Crippen LogP contribution in [0.4, 0.5) is 0 Å². The van der Waals surface area contributed by atoms with E-state index in [1.807, 2.05) is 0 Å². The van der Waals surface area contributed by atoms with E-state index >= 15 is 0 Å². The van der Waals surface area contributed by atoms with Crippen molar-refractivity contribution in [1.82, 2.24) is 9.88 Å². The van der Waals surface area contributed by atoms with Gasteiger partial charge in [-0.2, -0.15) is 0 Å². The Morgan fingerprint density at radius 3 is 2.03 bits per heavy atom. The van der Waals surface area contributed by atoms with Crippen LogP contribution in [0.3, 0.4) is 0 Å². The molecule has 2 nitrogen and oxygen atoms in total. The van der Waals surface area contributed by atoms with Crippen molar-refractivity contribution in [2.75, 3.05) is 6.54 Å². The molecule has 1 aliphatic heterocycles. The van der Waals surface area contributed by atoms with Crippen LogP contribution in [0.2, 0.25) is 19.6 Å². The number of para-hydroxylation sites is 2. The highest BCUT2D eigenvalue weighted by Gasteiger charge is 2.21. The second kappa shape index (κ2) is 7.29. The summed E-state index contributed by atoms with van der Waals surface area (Å²) in [6.07, 6.45) is 4.58. The molecule has 0 unspecified atom stereocenters. The molecular weight excluding hydrogens is 448 g/mol. The quantitative estimate of drug-likeness (QED) is 0.309. The van der Waals surface area contributed by atoms with Gasteiger partial charge in [0.05, 0.1) is 19.1 Å². The monoisotopic (exact) mass is 472 g/mol. The second-order valence-corrected chi connectivity index (χ2v) is 15.0. The van der Waals surface area contributed by atoms with Gasteiger partial charge < -0.3 is 9.88 Å². The van der Waals surface area contributed by atoms with Crippen LogP contribution in [0.1, 0.15) is 5.56 Å². The van der Waals surface area contributed by atoms with Crippen molar-refractivity contribution in [1.29, 1.82) is 0 Å². The first-order chi connectivity index (χ1) is 14.4. The summed E-state index contributed by atoms with van der Waals surface area (Å²) in [5.74, 6) is 0. The molecule has 0 saturated carbocycles. The number of halogens is 1. The largest absolute Gasteiger partial charge is 0.381 e. The first-order valence-electron chi connectivity index (χ1n) is 10.4. The Labute approximate surface area is 187 Å². The smallest absolute Gasteiger partial charge is 0.0747 e. The Balaban J connectivity index is 1.69. The Kier molecular flexibility index (Phi) is 4.72. The molecule has 0 aliphatic carbocycles. The number of nitrogens with one attached hydrogen (secondary N) is 1. The van der Waals surface area contributed by atoms with Crippen molar-refractivity contribution < 1.29 is 0 Å². The van der Waals surface area contributed by atoms with Crippen molar-refractivity contribution in [2.45, 2.75) is 19.6 Å². The molecule has 0 amide bonds. The van der Waals surface area contributed by atoms with Gasteiger partial charge in [0.25, 0.3) is 0 Å². The molecule has 0 atom stereocenters. The molecular formula is C26H25BrN2Si. The van der Waals surface area contributed by atoms with Crippen LogP contribution >= 0.6 is 15.9 Å². The maximum absolute atomic E-state index is 3.76. The Bertz CT molecular complexity index is 1290. The number of benzene rings is 3. The van der Waals surface area contributed by atoms with Crippen LogP contribution < -0.4 is 5.32 Å². The van der Waals surface area contributed by atoms with Gasteiger partial charge in [-0.3, -0.25) is 0 Å². The predicted molar refractivity (Wildman–Crippen MR) is 136 cm³/mol. The van der Waals surface area contributed by atoms with Crippen molar-refractivity contribution in [3.63, 3.8) is 0 Å². The van der Waals surface area contributed by atoms with Crippen LogP contribution in [0.5, 0.6) is 0 Å². The molecule has 1 N–H and O–H groups in total. The van der Waals surface area contributed by atoms with Gasteiger partial charge in [0.2, 0.25) is 0 Å². The zero-order chi connectivity index (χ0) is 20.9. The molecule has 4 heteroatoms. The molecule has 0 saturated heterocycles. The van der Waals surface area contributed by atoms with Crippen LogP contribution in [0, 0.1) is 0 Å². The SMILES string of the molecule is C[Si](C)(C)C1=CC=C(c2cc(Br)cc(-n3c4ccccc4c4ccccc43)c2)NC1. The number of hydrogen-bond donors (Lipinski definition) is 1. The lowest BCUT2D eigenvalue weighted by Gasteiger charge is -2.26. The van der Waals surface area contributed by atoms with E-state index in [9.17, 15) is 0 Å². The van der Waals surface area contributed by atoms with E-state index in [1.54, 1.807) is 5.20 Å². The standard InChI is InChI=1S/C26H25BrN2Si/c1-30(2,3)21-12-13-24(28-17-21)18-14-19(27)16-20(15-18)29-25-10-6-4-8-22(25)23-9-5-7-11-26(23)29/h4-16,28H,17H2,1-3H3.